The summed E-state index contributed by atoms with van der Waals surface area (Å²) in [6.07, 6.45) is 0. The number of likely N-dealkylation sites (N-methyl/N-ethyl adjacent to an activating group) is 1. The number of amides is 3. The van der Waals surface area contributed by atoms with Crippen molar-refractivity contribution in [1.82, 2.24) is 10.2 Å². The Balaban J connectivity index is 1.94. The first-order valence-corrected chi connectivity index (χ1v) is 9.54. The number of rotatable bonds is 7. The van der Waals surface area contributed by atoms with E-state index in [2.05, 4.69) is 10.6 Å². The van der Waals surface area contributed by atoms with Crippen LogP contribution in [0.5, 0.6) is 5.75 Å². The molecule has 0 bridgehead atoms. The summed E-state index contributed by atoms with van der Waals surface area (Å²) in [5.41, 5.74) is 1.45. The zero-order valence-corrected chi connectivity index (χ0v) is 17.5. The lowest BCUT2D eigenvalue weighted by Crippen LogP contribution is -2.44. The number of urea groups is 1. The molecule has 0 saturated heterocycles. The maximum Gasteiger partial charge on any atom is 0.318 e. The third kappa shape index (κ3) is 6.04. The number of methoxy groups -OCH3 is 1. The molecule has 0 aliphatic heterocycles. The van der Waals surface area contributed by atoms with Crippen molar-refractivity contribution < 1.29 is 14.3 Å². The molecule has 3 amide bonds. The first-order valence-electron chi connectivity index (χ1n) is 8.78. The van der Waals surface area contributed by atoms with E-state index < -0.39 is 0 Å². The standard InChI is InChI=1S/C20H23Cl2N3O3/c1-4-25(12-19(26)24-15-6-8-16(28-3)9-7-15)20(27)23-13(2)14-5-10-17(21)18(22)11-14/h5-11,13H,4,12H2,1-3H3,(H,23,27)(H,24,26). The summed E-state index contributed by atoms with van der Waals surface area (Å²) in [5.74, 6) is 0.410. The minimum absolute atomic E-state index is 0.0670. The van der Waals surface area contributed by atoms with Crippen LogP contribution in [0.3, 0.4) is 0 Å². The number of benzene rings is 2. The van der Waals surface area contributed by atoms with Gasteiger partial charge >= 0.3 is 6.03 Å². The van der Waals surface area contributed by atoms with Crippen LogP contribution in [0.2, 0.25) is 10.0 Å². The number of ether oxygens (including phenoxy) is 1. The summed E-state index contributed by atoms with van der Waals surface area (Å²) < 4.78 is 5.09. The van der Waals surface area contributed by atoms with Crippen molar-refractivity contribution in [2.24, 2.45) is 0 Å². The number of hydrogen-bond acceptors (Lipinski definition) is 3. The lowest BCUT2D eigenvalue weighted by atomic mass is 10.1. The number of carbonyl (C=O) groups excluding carboxylic acids is 2. The molecule has 0 radical (unpaired) electrons. The van der Waals surface area contributed by atoms with E-state index in [0.29, 0.717) is 28.0 Å². The van der Waals surface area contributed by atoms with Gasteiger partial charge < -0.3 is 20.3 Å². The van der Waals surface area contributed by atoms with E-state index >= 15 is 0 Å². The van der Waals surface area contributed by atoms with Crippen LogP contribution in [0.4, 0.5) is 10.5 Å². The minimum atomic E-state index is -0.342. The molecule has 2 aromatic rings. The van der Waals surface area contributed by atoms with E-state index in [1.165, 1.54) is 4.90 Å². The fraction of sp³-hybridized carbons (Fsp3) is 0.300. The molecule has 0 aromatic heterocycles. The summed E-state index contributed by atoms with van der Waals surface area (Å²) in [7, 11) is 1.57. The van der Waals surface area contributed by atoms with Gasteiger partial charge in [0.2, 0.25) is 5.91 Å². The van der Waals surface area contributed by atoms with Gasteiger partial charge in [-0.05, 0) is 55.8 Å². The Labute approximate surface area is 174 Å². The van der Waals surface area contributed by atoms with Crippen LogP contribution >= 0.6 is 23.2 Å². The molecule has 0 aliphatic rings. The van der Waals surface area contributed by atoms with Crippen LogP contribution in [0.1, 0.15) is 25.5 Å². The molecule has 150 valence electrons. The van der Waals surface area contributed by atoms with Gasteiger partial charge in [-0.1, -0.05) is 29.3 Å². The summed E-state index contributed by atoms with van der Waals surface area (Å²) in [6.45, 7) is 3.96. The second-order valence-corrected chi connectivity index (χ2v) is 6.95. The first kappa shape index (κ1) is 21.9. The molecule has 0 aliphatic carbocycles. The topological polar surface area (TPSA) is 70.7 Å². The molecule has 2 aromatic carbocycles. The third-order valence-electron chi connectivity index (χ3n) is 4.16. The van der Waals surface area contributed by atoms with Crippen molar-refractivity contribution in [1.29, 1.82) is 0 Å². The van der Waals surface area contributed by atoms with Gasteiger partial charge in [0.25, 0.3) is 0 Å². The van der Waals surface area contributed by atoms with Gasteiger partial charge in [-0.15, -0.1) is 0 Å². The van der Waals surface area contributed by atoms with Crippen LogP contribution in [-0.2, 0) is 4.79 Å². The summed E-state index contributed by atoms with van der Waals surface area (Å²) in [5, 5.41) is 6.51. The lowest BCUT2D eigenvalue weighted by molar-refractivity contribution is -0.116. The Morgan fingerprint density at radius 1 is 1.11 bits per heavy atom. The number of nitrogens with one attached hydrogen (secondary N) is 2. The predicted molar refractivity (Wildman–Crippen MR) is 112 cm³/mol. The van der Waals surface area contributed by atoms with Crippen LogP contribution in [-0.4, -0.2) is 37.0 Å². The molecule has 0 spiro atoms. The molecular weight excluding hydrogens is 401 g/mol. The monoisotopic (exact) mass is 423 g/mol. The maximum atomic E-state index is 12.5. The fourth-order valence-electron chi connectivity index (χ4n) is 2.52. The van der Waals surface area contributed by atoms with E-state index in [9.17, 15) is 9.59 Å². The van der Waals surface area contributed by atoms with E-state index in [-0.39, 0.29) is 24.5 Å². The fourth-order valence-corrected chi connectivity index (χ4v) is 2.82. The summed E-state index contributed by atoms with van der Waals surface area (Å²) >= 11 is 12.0. The van der Waals surface area contributed by atoms with Crippen molar-refractivity contribution in [2.45, 2.75) is 19.9 Å². The number of hydrogen-bond donors (Lipinski definition) is 2. The first-order chi connectivity index (χ1) is 13.3. The highest BCUT2D eigenvalue weighted by Gasteiger charge is 2.18. The number of halogens is 2. The van der Waals surface area contributed by atoms with Gasteiger partial charge in [0.1, 0.15) is 12.3 Å². The molecule has 2 N–H and O–H groups in total. The van der Waals surface area contributed by atoms with Crippen LogP contribution in [0.25, 0.3) is 0 Å². The van der Waals surface area contributed by atoms with E-state index in [1.807, 2.05) is 13.8 Å². The molecule has 2 rings (SSSR count). The Morgan fingerprint density at radius 3 is 2.36 bits per heavy atom. The number of nitrogens with zero attached hydrogens (tertiary/aromatic N) is 1. The van der Waals surface area contributed by atoms with Gasteiger partial charge in [-0.25, -0.2) is 4.79 Å². The smallest absolute Gasteiger partial charge is 0.318 e. The lowest BCUT2D eigenvalue weighted by Gasteiger charge is -2.24. The Kier molecular flexibility index (Phi) is 7.96. The average molecular weight is 424 g/mol. The van der Waals surface area contributed by atoms with Crippen molar-refractivity contribution in [2.75, 3.05) is 25.5 Å². The van der Waals surface area contributed by atoms with Gasteiger partial charge in [0, 0.05) is 12.2 Å². The van der Waals surface area contributed by atoms with Gasteiger partial charge in [0.05, 0.1) is 23.2 Å². The molecule has 6 nitrogen and oxygen atoms in total. The highest BCUT2D eigenvalue weighted by molar-refractivity contribution is 6.42. The maximum absolute atomic E-state index is 12.5. The average Bonchev–Trinajstić information content (AvgIpc) is 2.68. The minimum Gasteiger partial charge on any atom is -0.497 e. The molecule has 8 heteroatoms. The zero-order valence-electron chi connectivity index (χ0n) is 16.0. The quantitative estimate of drug-likeness (QED) is 0.675. The van der Waals surface area contributed by atoms with Crippen molar-refractivity contribution in [3.05, 3.63) is 58.1 Å². The number of carbonyl (C=O) groups is 2. The van der Waals surface area contributed by atoms with Gasteiger partial charge in [-0.2, -0.15) is 0 Å². The van der Waals surface area contributed by atoms with Crippen LogP contribution < -0.4 is 15.4 Å². The van der Waals surface area contributed by atoms with Crippen molar-refractivity contribution in [3.8, 4) is 5.75 Å². The zero-order chi connectivity index (χ0) is 20.7. The van der Waals surface area contributed by atoms with Gasteiger partial charge in [-0.3, -0.25) is 4.79 Å². The normalized spacial score (nSPS) is 11.5. The predicted octanol–water partition coefficient (Wildman–Crippen LogP) is 4.73. The number of anilines is 1. The molecule has 0 fully saturated rings. The highest BCUT2D eigenvalue weighted by Crippen LogP contribution is 2.25. The van der Waals surface area contributed by atoms with E-state index in [0.717, 1.165) is 5.56 Å². The van der Waals surface area contributed by atoms with Crippen LogP contribution in [0, 0.1) is 0 Å². The van der Waals surface area contributed by atoms with Crippen LogP contribution in [0.15, 0.2) is 42.5 Å². The van der Waals surface area contributed by atoms with E-state index in [1.54, 1.807) is 49.6 Å². The second kappa shape index (κ2) is 10.2. The molecule has 1 atom stereocenters. The molecule has 28 heavy (non-hydrogen) atoms. The third-order valence-corrected chi connectivity index (χ3v) is 4.90. The van der Waals surface area contributed by atoms with Crippen molar-refractivity contribution in [3.63, 3.8) is 0 Å². The summed E-state index contributed by atoms with van der Waals surface area (Å²) in [4.78, 5) is 26.2. The molecule has 1 unspecified atom stereocenters. The molecule has 0 saturated carbocycles. The van der Waals surface area contributed by atoms with E-state index in [4.69, 9.17) is 27.9 Å². The summed E-state index contributed by atoms with van der Waals surface area (Å²) in [6, 6.07) is 11.5. The largest absolute Gasteiger partial charge is 0.497 e. The highest BCUT2D eigenvalue weighted by atomic mass is 35.5. The molecule has 0 heterocycles. The Morgan fingerprint density at radius 2 is 1.79 bits per heavy atom. The Hall–Kier alpha value is -2.44. The van der Waals surface area contributed by atoms with Gasteiger partial charge in [0.15, 0.2) is 0 Å². The second-order valence-electron chi connectivity index (χ2n) is 6.14. The Bertz CT molecular complexity index is 828. The molecular formula is C20H23Cl2N3O3. The van der Waals surface area contributed by atoms with Crippen molar-refractivity contribution >= 4 is 40.8 Å². The SMILES string of the molecule is CCN(CC(=O)Nc1ccc(OC)cc1)C(=O)NC(C)c1ccc(Cl)c(Cl)c1.